The van der Waals surface area contributed by atoms with Crippen molar-refractivity contribution in [2.45, 2.75) is 51.9 Å². The highest BCUT2D eigenvalue weighted by molar-refractivity contribution is 5.97. The molecule has 1 N–H and O–H groups in total. The number of ketones is 1. The highest BCUT2D eigenvalue weighted by atomic mass is 16.1. The number of rotatable bonds is 4. The molecule has 4 fully saturated rings. The van der Waals surface area contributed by atoms with Crippen molar-refractivity contribution >= 4 is 17.4 Å². The molecular weight excluding hydrogens is 286 g/mol. The summed E-state index contributed by atoms with van der Waals surface area (Å²) in [5.41, 5.74) is 1.65. The maximum absolute atomic E-state index is 12.6. The van der Waals surface area contributed by atoms with Gasteiger partial charge in [0.05, 0.1) is 0 Å². The van der Waals surface area contributed by atoms with Gasteiger partial charge in [0.2, 0.25) is 5.91 Å². The lowest BCUT2D eigenvalue weighted by Gasteiger charge is -2.56. The molecule has 4 aliphatic rings. The smallest absolute Gasteiger partial charge is 0.224 e. The third kappa shape index (κ3) is 2.93. The SMILES string of the molecule is CC(=O)c1cccc(NC(=O)CC23CC4CC(CC(C4)C2)C3)c1. The average molecular weight is 311 g/mol. The standard InChI is InChI=1S/C20H25NO2/c1-13(22)17-3-2-4-18(8-17)21-19(23)12-20-9-14-5-15(10-20)7-16(6-14)11-20/h2-4,8,14-16H,5-7,9-12H2,1H3,(H,21,23). The van der Waals surface area contributed by atoms with Crippen molar-refractivity contribution in [3.05, 3.63) is 29.8 Å². The normalized spacial score (nSPS) is 34.4. The zero-order chi connectivity index (χ0) is 16.0. The second kappa shape index (κ2) is 5.47. The van der Waals surface area contributed by atoms with E-state index in [1.165, 1.54) is 38.5 Å². The Morgan fingerprint density at radius 1 is 1.09 bits per heavy atom. The molecule has 0 heterocycles. The third-order valence-electron chi connectivity index (χ3n) is 6.25. The molecule has 1 aromatic carbocycles. The summed E-state index contributed by atoms with van der Waals surface area (Å²) in [5.74, 6) is 2.76. The van der Waals surface area contributed by atoms with E-state index in [2.05, 4.69) is 5.32 Å². The molecule has 0 unspecified atom stereocenters. The lowest BCUT2D eigenvalue weighted by atomic mass is 9.49. The lowest BCUT2D eigenvalue weighted by molar-refractivity contribution is -0.124. The van der Waals surface area contributed by atoms with Crippen molar-refractivity contribution in [1.29, 1.82) is 0 Å². The summed E-state index contributed by atoms with van der Waals surface area (Å²) in [6, 6.07) is 7.26. The largest absolute Gasteiger partial charge is 0.326 e. The molecule has 4 aliphatic carbocycles. The monoisotopic (exact) mass is 311 g/mol. The van der Waals surface area contributed by atoms with E-state index in [0.717, 1.165) is 23.4 Å². The Labute approximate surface area is 137 Å². The number of nitrogens with one attached hydrogen (secondary N) is 1. The summed E-state index contributed by atoms with van der Waals surface area (Å²) in [6.45, 7) is 1.55. The Hall–Kier alpha value is -1.64. The van der Waals surface area contributed by atoms with E-state index in [4.69, 9.17) is 0 Å². The molecule has 4 saturated carbocycles. The Morgan fingerprint density at radius 2 is 1.70 bits per heavy atom. The predicted octanol–water partition coefficient (Wildman–Crippen LogP) is 4.43. The van der Waals surface area contributed by atoms with Crippen LogP contribution in [-0.2, 0) is 4.79 Å². The number of benzene rings is 1. The van der Waals surface area contributed by atoms with E-state index in [1.54, 1.807) is 19.1 Å². The molecule has 5 rings (SSSR count). The molecule has 1 aromatic rings. The van der Waals surface area contributed by atoms with Gasteiger partial charge < -0.3 is 5.32 Å². The van der Waals surface area contributed by atoms with Gasteiger partial charge in [0.1, 0.15) is 0 Å². The van der Waals surface area contributed by atoms with Crippen molar-refractivity contribution in [3.63, 3.8) is 0 Å². The molecular formula is C20H25NO2. The van der Waals surface area contributed by atoms with Gasteiger partial charge in [-0.25, -0.2) is 0 Å². The van der Waals surface area contributed by atoms with Gasteiger partial charge in [0.25, 0.3) is 0 Å². The minimum Gasteiger partial charge on any atom is -0.326 e. The van der Waals surface area contributed by atoms with Crippen molar-refractivity contribution in [2.75, 3.05) is 5.32 Å². The first-order valence-corrected chi connectivity index (χ1v) is 8.92. The molecule has 4 bridgehead atoms. The number of Topliss-reactive ketones (excluding diaryl/α,β-unsaturated/α-hetero) is 1. The number of amides is 1. The van der Waals surface area contributed by atoms with Gasteiger partial charge in [-0.15, -0.1) is 0 Å². The molecule has 0 aromatic heterocycles. The molecule has 3 heteroatoms. The fourth-order valence-corrected chi connectivity index (χ4v) is 5.87. The van der Waals surface area contributed by atoms with E-state index in [-0.39, 0.29) is 17.1 Å². The lowest BCUT2D eigenvalue weighted by Crippen LogP contribution is -2.47. The Balaban J connectivity index is 1.44. The van der Waals surface area contributed by atoms with Crippen LogP contribution in [0.3, 0.4) is 0 Å². The van der Waals surface area contributed by atoms with Gasteiger partial charge in [-0.3, -0.25) is 9.59 Å². The van der Waals surface area contributed by atoms with Crippen LogP contribution in [0.4, 0.5) is 5.69 Å². The van der Waals surface area contributed by atoms with E-state index in [0.29, 0.717) is 12.0 Å². The Bertz CT molecular complexity index is 614. The van der Waals surface area contributed by atoms with E-state index in [9.17, 15) is 9.59 Å². The summed E-state index contributed by atoms with van der Waals surface area (Å²) in [6.07, 6.45) is 8.62. The molecule has 0 spiro atoms. The molecule has 1 amide bonds. The Kier molecular flexibility index (Phi) is 3.55. The highest BCUT2D eigenvalue weighted by Crippen LogP contribution is 2.61. The van der Waals surface area contributed by atoms with Crippen LogP contribution in [0.15, 0.2) is 24.3 Å². The maximum atomic E-state index is 12.6. The number of hydrogen-bond donors (Lipinski definition) is 1. The molecule has 0 atom stereocenters. The zero-order valence-corrected chi connectivity index (χ0v) is 13.8. The summed E-state index contributed by atoms with van der Waals surface area (Å²) < 4.78 is 0. The average Bonchev–Trinajstić information content (AvgIpc) is 2.45. The highest BCUT2D eigenvalue weighted by Gasteiger charge is 2.51. The van der Waals surface area contributed by atoms with Gasteiger partial charge in [-0.05, 0) is 80.8 Å². The molecule has 3 nitrogen and oxygen atoms in total. The quantitative estimate of drug-likeness (QED) is 0.836. The fourth-order valence-electron chi connectivity index (χ4n) is 5.87. The maximum Gasteiger partial charge on any atom is 0.224 e. The van der Waals surface area contributed by atoms with Gasteiger partial charge in [-0.2, -0.15) is 0 Å². The first kappa shape index (κ1) is 14.9. The second-order valence-electron chi connectivity index (χ2n) is 8.28. The van der Waals surface area contributed by atoms with E-state index in [1.807, 2.05) is 12.1 Å². The van der Waals surface area contributed by atoms with Gasteiger partial charge in [0, 0.05) is 17.7 Å². The fraction of sp³-hybridized carbons (Fsp3) is 0.600. The molecule has 0 radical (unpaired) electrons. The van der Waals surface area contributed by atoms with Crippen LogP contribution in [0.2, 0.25) is 0 Å². The number of carbonyl (C=O) groups is 2. The summed E-state index contributed by atoms with van der Waals surface area (Å²) in [7, 11) is 0. The van der Waals surface area contributed by atoms with E-state index >= 15 is 0 Å². The summed E-state index contributed by atoms with van der Waals surface area (Å²) in [4.78, 5) is 24.1. The van der Waals surface area contributed by atoms with Crippen LogP contribution >= 0.6 is 0 Å². The van der Waals surface area contributed by atoms with Crippen LogP contribution in [0.1, 0.15) is 62.2 Å². The molecule has 122 valence electrons. The van der Waals surface area contributed by atoms with Crippen molar-refractivity contribution in [2.24, 2.45) is 23.2 Å². The van der Waals surface area contributed by atoms with Crippen molar-refractivity contribution in [3.8, 4) is 0 Å². The van der Waals surface area contributed by atoms with E-state index < -0.39 is 0 Å². The van der Waals surface area contributed by atoms with Crippen LogP contribution < -0.4 is 5.32 Å². The van der Waals surface area contributed by atoms with Crippen LogP contribution in [-0.4, -0.2) is 11.7 Å². The molecule has 23 heavy (non-hydrogen) atoms. The number of hydrogen-bond acceptors (Lipinski definition) is 2. The Morgan fingerprint density at radius 3 is 2.26 bits per heavy atom. The first-order chi connectivity index (χ1) is 11.0. The topological polar surface area (TPSA) is 46.2 Å². The van der Waals surface area contributed by atoms with Crippen LogP contribution in [0.5, 0.6) is 0 Å². The third-order valence-corrected chi connectivity index (χ3v) is 6.25. The van der Waals surface area contributed by atoms with Gasteiger partial charge in [-0.1, -0.05) is 12.1 Å². The van der Waals surface area contributed by atoms with Crippen molar-refractivity contribution in [1.82, 2.24) is 0 Å². The first-order valence-electron chi connectivity index (χ1n) is 8.92. The molecule has 0 saturated heterocycles. The molecule has 0 aliphatic heterocycles. The number of anilines is 1. The van der Waals surface area contributed by atoms with Gasteiger partial charge in [0.15, 0.2) is 5.78 Å². The predicted molar refractivity (Wildman–Crippen MR) is 90.3 cm³/mol. The summed E-state index contributed by atoms with van der Waals surface area (Å²) >= 11 is 0. The van der Waals surface area contributed by atoms with Gasteiger partial charge >= 0.3 is 0 Å². The number of carbonyl (C=O) groups excluding carboxylic acids is 2. The van der Waals surface area contributed by atoms with Crippen LogP contribution in [0.25, 0.3) is 0 Å². The second-order valence-corrected chi connectivity index (χ2v) is 8.28. The van der Waals surface area contributed by atoms with Crippen LogP contribution in [0, 0.1) is 23.2 Å². The minimum atomic E-state index is 0.0298. The zero-order valence-electron chi connectivity index (χ0n) is 13.8. The summed E-state index contributed by atoms with van der Waals surface area (Å²) in [5, 5.41) is 3.02. The minimum absolute atomic E-state index is 0.0298. The van der Waals surface area contributed by atoms with Crippen molar-refractivity contribution < 1.29 is 9.59 Å².